The normalized spacial score (nSPS) is 19.4. The molecule has 1 aliphatic heterocycles. The smallest absolute Gasteiger partial charge is 0.334 e. The number of hydrogen-bond donors (Lipinski definition) is 3. The molecular weight excluding hydrogens is 266 g/mol. The van der Waals surface area contributed by atoms with Crippen molar-refractivity contribution in [1.82, 2.24) is 15.5 Å². The van der Waals surface area contributed by atoms with E-state index in [1.54, 1.807) is 4.90 Å². The van der Waals surface area contributed by atoms with Crippen LogP contribution in [0.3, 0.4) is 0 Å². The van der Waals surface area contributed by atoms with Crippen molar-refractivity contribution >= 4 is 17.9 Å². The molecule has 0 aromatic carbocycles. The van der Waals surface area contributed by atoms with Crippen LogP contribution in [-0.2, 0) is 14.3 Å². The molecule has 1 unspecified atom stereocenters. The van der Waals surface area contributed by atoms with Crippen LogP contribution in [-0.4, -0.2) is 66.8 Å². The summed E-state index contributed by atoms with van der Waals surface area (Å²) in [5.74, 6) is -1.50. The number of carboxylic acids is 1. The Morgan fingerprint density at radius 2 is 2.15 bits per heavy atom. The lowest BCUT2D eigenvalue weighted by Gasteiger charge is -2.29. The van der Waals surface area contributed by atoms with Gasteiger partial charge in [-0.15, -0.1) is 0 Å². The van der Waals surface area contributed by atoms with Crippen molar-refractivity contribution < 1.29 is 24.2 Å². The van der Waals surface area contributed by atoms with E-state index in [4.69, 9.17) is 9.84 Å². The van der Waals surface area contributed by atoms with Crippen molar-refractivity contribution in [2.75, 3.05) is 32.8 Å². The third kappa shape index (κ3) is 5.98. The Labute approximate surface area is 117 Å². The zero-order valence-corrected chi connectivity index (χ0v) is 11.6. The average molecular weight is 287 g/mol. The zero-order valence-electron chi connectivity index (χ0n) is 11.6. The van der Waals surface area contributed by atoms with E-state index < -0.39 is 24.0 Å². The van der Waals surface area contributed by atoms with Gasteiger partial charge in [-0.25, -0.2) is 9.59 Å². The Balaban J connectivity index is 2.27. The third-order valence-corrected chi connectivity index (χ3v) is 2.86. The molecule has 1 rings (SSSR count). The maximum Gasteiger partial charge on any atom is 0.334 e. The number of unbranched alkanes of at least 4 members (excludes halogenated alkanes) is 1. The van der Waals surface area contributed by atoms with Crippen LogP contribution in [0.15, 0.2) is 0 Å². The summed E-state index contributed by atoms with van der Waals surface area (Å²) in [6.45, 7) is 3.37. The molecule has 0 aliphatic carbocycles. The second kappa shape index (κ2) is 8.49. The number of amides is 3. The SMILES string of the molecule is CCCCNC(=O)NC(=O)CN1CCOC(C(=O)O)C1. The lowest BCUT2D eigenvalue weighted by atomic mass is 10.2. The van der Waals surface area contributed by atoms with Gasteiger partial charge in [-0.3, -0.25) is 15.0 Å². The summed E-state index contributed by atoms with van der Waals surface area (Å²) in [6.07, 6.45) is 0.888. The third-order valence-electron chi connectivity index (χ3n) is 2.86. The topological polar surface area (TPSA) is 108 Å². The summed E-state index contributed by atoms with van der Waals surface area (Å²) < 4.78 is 5.05. The number of urea groups is 1. The van der Waals surface area contributed by atoms with Crippen LogP contribution in [0.2, 0.25) is 0 Å². The number of nitrogens with one attached hydrogen (secondary N) is 2. The molecule has 0 spiro atoms. The van der Waals surface area contributed by atoms with Gasteiger partial charge < -0.3 is 15.2 Å². The van der Waals surface area contributed by atoms with Crippen LogP contribution in [0.1, 0.15) is 19.8 Å². The summed E-state index contributed by atoms with van der Waals surface area (Å²) in [4.78, 5) is 35.4. The van der Waals surface area contributed by atoms with Crippen molar-refractivity contribution in [3.05, 3.63) is 0 Å². The molecule has 8 nitrogen and oxygen atoms in total. The molecule has 1 aliphatic rings. The number of carboxylic acid groups (broad SMARTS) is 1. The van der Waals surface area contributed by atoms with Gasteiger partial charge in [0.25, 0.3) is 0 Å². The number of morpholine rings is 1. The van der Waals surface area contributed by atoms with Gasteiger partial charge >= 0.3 is 12.0 Å². The van der Waals surface area contributed by atoms with Gasteiger partial charge in [-0.05, 0) is 6.42 Å². The molecule has 20 heavy (non-hydrogen) atoms. The maximum absolute atomic E-state index is 11.6. The molecule has 0 bridgehead atoms. The highest BCUT2D eigenvalue weighted by Crippen LogP contribution is 2.04. The fourth-order valence-electron chi connectivity index (χ4n) is 1.79. The number of carbonyl (C=O) groups excluding carboxylic acids is 2. The minimum Gasteiger partial charge on any atom is -0.479 e. The Morgan fingerprint density at radius 1 is 1.40 bits per heavy atom. The molecule has 8 heteroatoms. The van der Waals surface area contributed by atoms with E-state index in [2.05, 4.69) is 10.6 Å². The largest absolute Gasteiger partial charge is 0.479 e. The molecule has 1 saturated heterocycles. The monoisotopic (exact) mass is 287 g/mol. The predicted molar refractivity (Wildman–Crippen MR) is 70.3 cm³/mol. The average Bonchev–Trinajstić information content (AvgIpc) is 2.39. The van der Waals surface area contributed by atoms with E-state index in [0.717, 1.165) is 12.8 Å². The van der Waals surface area contributed by atoms with Crippen LogP contribution in [0.5, 0.6) is 0 Å². The number of ether oxygens (including phenoxy) is 1. The molecule has 1 heterocycles. The highest BCUT2D eigenvalue weighted by molar-refractivity contribution is 5.95. The van der Waals surface area contributed by atoms with Gasteiger partial charge in [0, 0.05) is 19.6 Å². The second-order valence-corrected chi connectivity index (χ2v) is 4.59. The molecule has 0 aromatic heterocycles. The van der Waals surface area contributed by atoms with Crippen molar-refractivity contribution in [2.24, 2.45) is 0 Å². The lowest BCUT2D eigenvalue weighted by molar-refractivity contribution is -0.156. The summed E-state index contributed by atoms with van der Waals surface area (Å²) >= 11 is 0. The van der Waals surface area contributed by atoms with Crippen molar-refractivity contribution in [1.29, 1.82) is 0 Å². The van der Waals surface area contributed by atoms with Gasteiger partial charge in [-0.2, -0.15) is 0 Å². The van der Waals surface area contributed by atoms with E-state index in [-0.39, 0.29) is 19.7 Å². The van der Waals surface area contributed by atoms with Crippen molar-refractivity contribution in [3.63, 3.8) is 0 Å². The van der Waals surface area contributed by atoms with Crippen LogP contribution in [0, 0.1) is 0 Å². The first-order valence-electron chi connectivity index (χ1n) is 6.67. The molecule has 0 saturated carbocycles. The number of aliphatic carboxylic acids is 1. The van der Waals surface area contributed by atoms with Gasteiger partial charge in [0.05, 0.1) is 13.2 Å². The van der Waals surface area contributed by atoms with E-state index in [1.165, 1.54) is 0 Å². The minimum absolute atomic E-state index is 0.0195. The highest BCUT2D eigenvalue weighted by Gasteiger charge is 2.27. The van der Waals surface area contributed by atoms with Crippen LogP contribution >= 0.6 is 0 Å². The first-order valence-corrected chi connectivity index (χ1v) is 6.67. The first-order chi connectivity index (χ1) is 9.52. The molecular formula is C12H21N3O5. The standard InChI is InChI=1S/C12H21N3O5/c1-2-3-4-13-12(19)14-10(16)8-15-5-6-20-9(7-15)11(17)18/h9H,2-8H2,1H3,(H,17,18)(H2,13,14,16,19). The molecule has 1 fully saturated rings. The van der Waals surface area contributed by atoms with Crippen LogP contribution in [0.25, 0.3) is 0 Å². The number of imide groups is 1. The number of rotatable bonds is 6. The van der Waals surface area contributed by atoms with Crippen LogP contribution in [0.4, 0.5) is 4.79 Å². The molecule has 3 amide bonds. The summed E-state index contributed by atoms with van der Waals surface area (Å²) in [7, 11) is 0. The molecule has 114 valence electrons. The molecule has 1 atom stereocenters. The van der Waals surface area contributed by atoms with Crippen LogP contribution < -0.4 is 10.6 Å². The Morgan fingerprint density at radius 3 is 2.80 bits per heavy atom. The Hall–Kier alpha value is -1.67. The summed E-state index contributed by atoms with van der Waals surface area (Å²) in [6, 6.07) is -0.522. The second-order valence-electron chi connectivity index (χ2n) is 4.59. The lowest BCUT2D eigenvalue weighted by Crippen LogP contribution is -2.51. The predicted octanol–water partition coefficient (Wildman–Crippen LogP) is -0.602. The van der Waals surface area contributed by atoms with Crippen molar-refractivity contribution in [2.45, 2.75) is 25.9 Å². The van der Waals surface area contributed by atoms with Gasteiger partial charge in [0.15, 0.2) is 6.10 Å². The molecule has 0 radical (unpaired) electrons. The van der Waals surface area contributed by atoms with Gasteiger partial charge in [0.2, 0.25) is 5.91 Å². The van der Waals surface area contributed by atoms with E-state index in [1.807, 2.05) is 6.92 Å². The number of nitrogens with zero attached hydrogens (tertiary/aromatic N) is 1. The quantitative estimate of drug-likeness (QED) is 0.563. The Kier molecular flexibility index (Phi) is 6.96. The summed E-state index contributed by atoms with van der Waals surface area (Å²) in [5, 5.41) is 13.6. The van der Waals surface area contributed by atoms with Gasteiger partial charge in [0.1, 0.15) is 0 Å². The maximum atomic E-state index is 11.6. The molecule has 0 aromatic rings. The van der Waals surface area contributed by atoms with Crippen molar-refractivity contribution in [3.8, 4) is 0 Å². The Bertz CT molecular complexity index is 361. The minimum atomic E-state index is -1.05. The van der Waals surface area contributed by atoms with E-state index in [0.29, 0.717) is 13.1 Å². The summed E-state index contributed by atoms with van der Waals surface area (Å²) in [5.41, 5.74) is 0. The van der Waals surface area contributed by atoms with Gasteiger partial charge in [-0.1, -0.05) is 13.3 Å². The van der Waals surface area contributed by atoms with E-state index in [9.17, 15) is 14.4 Å². The number of carbonyl (C=O) groups is 3. The van der Waals surface area contributed by atoms with E-state index >= 15 is 0 Å². The highest BCUT2D eigenvalue weighted by atomic mass is 16.5. The fraction of sp³-hybridized carbons (Fsp3) is 0.750. The zero-order chi connectivity index (χ0) is 15.0. The number of hydrogen-bond acceptors (Lipinski definition) is 5. The molecule has 3 N–H and O–H groups in total. The first kappa shape index (κ1) is 16.4. The fourth-order valence-corrected chi connectivity index (χ4v) is 1.79.